The van der Waals surface area contributed by atoms with E-state index in [2.05, 4.69) is 32.3 Å². The fourth-order valence-electron chi connectivity index (χ4n) is 5.13. The van der Waals surface area contributed by atoms with Crippen molar-refractivity contribution < 1.29 is 10.2 Å². The lowest BCUT2D eigenvalue weighted by Crippen LogP contribution is -2.33. The first-order chi connectivity index (χ1) is 17.9. The van der Waals surface area contributed by atoms with Crippen molar-refractivity contribution in [3.63, 3.8) is 0 Å². The van der Waals surface area contributed by atoms with Gasteiger partial charge in [0.25, 0.3) is 5.56 Å². The van der Waals surface area contributed by atoms with E-state index in [-0.39, 0.29) is 18.7 Å². The lowest BCUT2D eigenvalue weighted by molar-refractivity contribution is 0.191. The van der Waals surface area contributed by atoms with E-state index in [1.54, 1.807) is 30.5 Å². The number of H-pyrrole nitrogens is 2. The fraction of sp³-hybridized carbons (Fsp3) is 0.357. The monoisotopic (exact) mass is 521 g/mol. The molecule has 5 rings (SSSR count). The van der Waals surface area contributed by atoms with Gasteiger partial charge in [0.1, 0.15) is 11.4 Å². The van der Waals surface area contributed by atoms with Gasteiger partial charge in [-0.1, -0.05) is 23.7 Å². The number of halogens is 1. The molecule has 5 N–H and O–H groups in total. The smallest absolute Gasteiger partial charge is 0.261 e. The lowest BCUT2D eigenvalue weighted by Gasteiger charge is -2.33. The number of imidazole rings is 1. The topological polar surface area (TPSA) is 117 Å². The maximum absolute atomic E-state index is 12.9. The summed E-state index contributed by atoms with van der Waals surface area (Å²) in [5, 5.41) is 23.6. The Morgan fingerprint density at radius 3 is 2.78 bits per heavy atom. The van der Waals surface area contributed by atoms with Gasteiger partial charge in [0.2, 0.25) is 0 Å². The number of fused-ring (bicyclic) bond motifs is 1. The van der Waals surface area contributed by atoms with Crippen LogP contribution in [0, 0.1) is 12.8 Å². The molecule has 2 aromatic carbocycles. The molecule has 1 saturated heterocycles. The zero-order valence-electron chi connectivity index (χ0n) is 20.8. The summed E-state index contributed by atoms with van der Waals surface area (Å²) in [6.07, 6.45) is 3.79. The second kappa shape index (κ2) is 11.0. The largest absolute Gasteiger partial charge is 0.396 e. The van der Waals surface area contributed by atoms with Crippen molar-refractivity contribution in [2.24, 2.45) is 5.92 Å². The summed E-state index contributed by atoms with van der Waals surface area (Å²) in [6.45, 7) is 4.40. The number of pyridine rings is 1. The Morgan fingerprint density at radius 2 is 2.03 bits per heavy atom. The Hall–Kier alpha value is -3.33. The molecule has 37 heavy (non-hydrogen) atoms. The Bertz CT molecular complexity index is 1440. The van der Waals surface area contributed by atoms with Crippen molar-refractivity contribution in [1.82, 2.24) is 15.0 Å². The first-order valence-electron chi connectivity index (χ1n) is 12.7. The number of anilines is 2. The number of piperidine rings is 1. The molecule has 2 aromatic heterocycles. The van der Waals surface area contributed by atoms with Gasteiger partial charge in [0.15, 0.2) is 0 Å². The Balaban J connectivity index is 1.40. The first kappa shape index (κ1) is 25.3. The van der Waals surface area contributed by atoms with Gasteiger partial charge in [-0.05, 0) is 73.6 Å². The lowest BCUT2D eigenvalue weighted by atomic mass is 9.93. The zero-order valence-corrected chi connectivity index (χ0v) is 21.6. The average molecular weight is 522 g/mol. The minimum atomic E-state index is -0.798. The predicted molar refractivity (Wildman–Crippen MR) is 148 cm³/mol. The molecule has 3 heterocycles. The molecule has 1 aliphatic rings. The summed E-state index contributed by atoms with van der Waals surface area (Å²) in [7, 11) is 0. The average Bonchev–Trinajstić information content (AvgIpc) is 3.32. The SMILES string of the molecule is Cc1cc(N2CCC(CCO)CC2)cc2[nH]c(-c3c(NC[C@@H](O)c4cccc(Cl)c4)cc[nH]c3=O)nc12. The second-order valence-corrected chi connectivity index (χ2v) is 10.2. The van der Waals surface area contributed by atoms with E-state index in [1.807, 2.05) is 13.0 Å². The van der Waals surface area contributed by atoms with E-state index in [9.17, 15) is 15.0 Å². The number of rotatable bonds is 8. The van der Waals surface area contributed by atoms with Crippen molar-refractivity contribution in [2.75, 3.05) is 36.5 Å². The van der Waals surface area contributed by atoms with Crippen molar-refractivity contribution in [1.29, 1.82) is 0 Å². The molecular weight excluding hydrogens is 490 g/mol. The van der Waals surface area contributed by atoms with Crippen LogP contribution in [0.1, 0.15) is 36.5 Å². The number of aliphatic hydroxyl groups excluding tert-OH is 2. The highest BCUT2D eigenvalue weighted by Gasteiger charge is 2.21. The van der Waals surface area contributed by atoms with Crippen LogP contribution in [0.2, 0.25) is 5.02 Å². The minimum absolute atomic E-state index is 0.201. The highest BCUT2D eigenvalue weighted by molar-refractivity contribution is 6.30. The van der Waals surface area contributed by atoms with Crippen LogP contribution in [-0.4, -0.2) is 51.4 Å². The number of nitrogens with one attached hydrogen (secondary N) is 3. The highest BCUT2D eigenvalue weighted by Crippen LogP contribution is 2.31. The van der Waals surface area contributed by atoms with Gasteiger partial charge in [-0.3, -0.25) is 4.79 Å². The van der Waals surface area contributed by atoms with Crippen LogP contribution < -0.4 is 15.8 Å². The molecule has 9 heteroatoms. The summed E-state index contributed by atoms with van der Waals surface area (Å²) in [6, 6.07) is 13.1. The van der Waals surface area contributed by atoms with Crippen LogP contribution in [0.15, 0.2) is 53.5 Å². The van der Waals surface area contributed by atoms with Gasteiger partial charge in [0, 0.05) is 43.1 Å². The van der Waals surface area contributed by atoms with E-state index >= 15 is 0 Å². The molecule has 0 aliphatic carbocycles. The number of hydrogen-bond acceptors (Lipinski definition) is 6. The molecule has 0 unspecified atom stereocenters. The van der Waals surface area contributed by atoms with Gasteiger partial charge in [-0.2, -0.15) is 0 Å². The van der Waals surface area contributed by atoms with E-state index in [0.29, 0.717) is 33.6 Å². The number of aryl methyl sites for hydroxylation is 1. The van der Waals surface area contributed by atoms with E-state index in [1.165, 1.54) is 0 Å². The first-order valence-corrected chi connectivity index (χ1v) is 13.1. The van der Waals surface area contributed by atoms with Gasteiger partial charge in [0.05, 0.1) is 22.8 Å². The minimum Gasteiger partial charge on any atom is -0.396 e. The third-order valence-corrected chi connectivity index (χ3v) is 7.43. The van der Waals surface area contributed by atoms with Gasteiger partial charge in [-0.25, -0.2) is 4.98 Å². The maximum Gasteiger partial charge on any atom is 0.261 e. The number of aromatic amines is 2. The molecule has 0 radical (unpaired) electrons. The Morgan fingerprint density at radius 1 is 1.22 bits per heavy atom. The van der Waals surface area contributed by atoms with Gasteiger partial charge in [-0.15, -0.1) is 0 Å². The van der Waals surface area contributed by atoms with Crippen LogP contribution in [0.4, 0.5) is 11.4 Å². The van der Waals surface area contributed by atoms with Crippen LogP contribution in [-0.2, 0) is 0 Å². The number of hydrogen-bond donors (Lipinski definition) is 5. The Labute approximate surface area is 220 Å². The molecule has 0 spiro atoms. The van der Waals surface area contributed by atoms with Crippen molar-refractivity contribution >= 4 is 34.0 Å². The summed E-state index contributed by atoms with van der Waals surface area (Å²) < 4.78 is 0. The summed E-state index contributed by atoms with van der Waals surface area (Å²) >= 11 is 6.06. The van der Waals surface area contributed by atoms with Crippen molar-refractivity contribution in [2.45, 2.75) is 32.3 Å². The number of nitrogens with zero attached hydrogens (tertiary/aromatic N) is 2. The van der Waals surface area contributed by atoms with E-state index in [4.69, 9.17) is 16.6 Å². The molecule has 0 bridgehead atoms. The van der Waals surface area contributed by atoms with E-state index in [0.717, 1.165) is 54.6 Å². The van der Waals surface area contributed by atoms with Crippen molar-refractivity contribution in [3.05, 3.63) is 75.2 Å². The molecule has 8 nitrogen and oxygen atoms in total. The van der Waals surface area contributed by atoms with Crippen LogP contribution in [0.5, 0.6) is 0 Å². The summed E-state index contributed by atoms with van der Waals surface area (Å²) in [4.78, 5) is 26.2. The van der Waals surface area contributed by atoms with Crippen LogP contribution in [0.3, 0.4) is 0 Å². The predicted octanol–water partition coefficient (Wildman–Crippen LogP) is 4.62. The third kappa shape index (κ3) is 5.51. The van der Waals surface area contributed by atoms with E-state index < -0.39 is 6.10 Å². The van der Waals surface area contributed by atoms with Gasteiger partial charge >= 0.3 is 0 Å². The van der Waals surface area contributed by atoms with Crippen LogP contribution in [0.25, 0.3) is 22.4 Å². The fourth-order valence-corrected chi connectivity index (χ4v) is 5.33. The zero-order chi connectivity index (χ0) is 25.9. The number of aromatic nitrogens is 3. The molecule has 4 aromatic rings. The molecular formula is C28H32ClN5O3. The highest BCUT2D eigenvalue weighted by atomic mass is 35.5. The molecule has 0 saturated carbocycles. The molecule has 1 atom stereocenters. The normalized spacial score (nSPS) is 15.3. The summed E-state index contributed by atoms with van der Waals surface area (Å²) in [5.74, 6) is 1.05. The standard InChI is InChI=1S/C28H32ClN5O3/c1-17-13-21(34-10-6-18(7-11-34)8-12-35)15-23-26(17)33-27(32-23)25-22(5-9-30-28(25)37)31-16-24(36)19-3-2-4-20(29)14-19/h2-5,9,13-15,18,24,35-36H,6-8,10-12,16H2,1H3,(H,32,33)(H2,30,31,37)/t24-/m1/s1. The molecule has 1 aliphatic heterocycles. The van der Waals surface area contributed by atoms with Gasteiger partial charge < -0.3 is 30.4 Å². The number of benzene rings is 2. The molecule has 0 amide bonds. The number of aliphatic hydroxyl groups is 2. The second-order valence-electron chi connectivity index (χ2n) is 9.73. The van der Waals surface area contributed by atoms with Crippen LogP contribution >= 0.6 is 11.6 Å². The third-order valence-electron chi connectivity index (χ3n) is 7.20. The molecule has 1 fully saturated rings. The quantitative estimate of drug-likeness (QED) is 0.231. The van der Waals surface area contributed by atoms with Crippen molar-refractivity contribution in [3.8, 4) is 11.4 Å². The molecule has 194 valence electrons. The maximum atomic E-state index is 12.9. The Kier molecular flexibility index (Phi) is 7.50. The summed E-state index contributed by atoms with van der Waals surface area (Å²) in [5.41, 5.74) is 5.25.